The quantitative estimate of drug-likeness (QED) is 0.595. The van der Waals surface area contributed by atoms with Gasteiger partial charge in [0.2, 0.25) is 0 Å². The van der Waals surface area contributed by atoms with E-state index in [1.807, 2.05) is 0 Å². The van der Waals surface area contributed by atoms with Crippen LogP contribution in [0.4, 0.5) is 5.69 Å². The van der Waals surface area contributed by atoms with Crippen LogP contribution < -0.4 is 10.9 Å². The van der Waals surface area contributed by atoms with E-state index in [9.17, 15) is 4.79 Å². The average molecular weight is 197 g/mol. The summed E-state index contributed by atoms with van der Waals surface area (Å²) in [5.74, 6) is 0. The molecule has 3 N–H and O–H groups in total. The van der Waals surface area contributed by atoms with E-state index in [1.165, 1.54) is 6.07 Å². The predicted molar refractivity (Wildman–Crippen MR) is 54.3 cm³/mol. The Balaban J connectivity index is 2.28. The van der Waals surface area contributed by atoms with Crippen LogP contribution in [0.5, 0.6) is 0 Å². The number of nitrogens with one attached hydrogen (secondary N) is 2. The molecule has 5 nitrogen and oxygen atoms in total. The molecule has 1 atom stereocenters. The molecule has 14 heavy (non-hydrogen) atoms. The van der Waals surface area contributed by atoms with E-state index < -0.39 is 0 Å². The predicted octanol–water partition coefficient (Wildman–Crippen LogP) is 0.343. The molecule has 1 aromatic heterocycles. The number of anilines is 1. The van der Waals surface area contributed by atoms with Gasteiger partial charge in [-0.25, -0.2) is 5.10 Å². The number of nitrogens with zero attached hydrogens (tertiary/aromatic N) is 1. The molecule has 1 rings (SSSR count). The summed E-state index contributed by atoms with van der Waals surface area (Å²) < 4.78 is 0. The lowest BCUT2D eigenvalue weighted by atomic mass is 10.2. The molecule has 0 saturated carbocycles. The van der Waals surface area contributed by atoms with Gasteiger partial charge in [-0.15, -0.1) is 0 Å². The van der Waals surface area contributed by atoms with Crippen LogP contribution >= 0.6 is 0 Å². The lowest BCUT2D eigenvalue weighted by Gasteiger charge is -2.06. The lowest BCUT2D eigenvalue weighted by Crippen LogP contribution is -2.11. The third kappa shape index (κ3) is 4.04. The van der Waals surface area contributed by atoms with Crippen LogP contribution in [0.25, 0.3) is 0 Å². The minimum atomic E-state index is -0.269. The number of hydrogen-bond donors (Lipinski definition) is 3. The monoisotopic (exact) mass is 197 g/mol. The summed E-state index contributed by atoms with van der Waals surface area (Å²) in [6, 6.07) is 1.45. The van der Waals surface area contributed by atoms with Crippen molar-refractivity contribution in [3.05, 3.63) is 22.6 Å². The summed E-state index contributed by atoms with van der Waals surface area (Å²) in [6.07, 6.45) is 2.91. The SMILES string of the molecule is CC(O)CCCNc1cn[nH]c(=O)c1. The highest BCUT2D eigenvalue weighted by molar-refractivity contribution is 5.38. The first-order valence-electron chi connectivity index (χ1n) is 4.65. The zero-order valence-corrected chi connectivity index (χ0v) is 8.16. The van der Waals surface area contributed by atoms with Gasteiger partial charge in [-0.1, -0.05) is 0 Å². The number of aliphatic hydroxyl groups is 1. The number of rotatable bonds is 5. The van der Waals surface area contributed by atoms with Crippen LogP contribution in [0, 0.1) is 0 Å². The maximum absolute atomic E-state index is 10.8. The first-order chi connectivity index (χ1) is 6.68. The van der Waals surface area contributed by atoms with E-state index in [-0.39, 0.29) is 11.7 Å². The van der Waals surface area contributed by atoms with E-state index in [1.54, 1.807) is 13.1 Å². The number of aliphatic hydroxyl groups excluding tert-OH is 1. The van der Waals surface area contributed by atoms with Crippen molar-refractivity contribution < 1.29 is 5.11 Å². The molecule has 1 heterocycles. The van der Waals surface area contributed by atoms with Gasteiger partial charge < -0.3 is 10.4 Å². The Labute approximate surface area is 82.2 Å². The maximum Gasteiger partial charge on any atom is 0.266 e. The van der Waals surface area contributed by atoms with E-state index >= 15 is 0 Å². The van der Waals surface area contributed by atoms with E-state index in [2.05, 4.69) is 15.5 Å². The third-order valence-electron chi connectivity index (χ3n) is 1.79. The molecule has 0 aromatic carbocycles. The highest BCUT2D eigenvalue weighted by Gasteiger charge is 1.96. The van der Waals surface area contributed by atoms with Crippen molar-refractivity contribution in [2.24, 2.45) is 0 Å². The average Bonchev–Trinajstić information content (AvgIpc) is 2.12. The summed E-state index contributed by atoms with van der Waals surface area (Å²) >= 11 is 0. The number of hydrogen-bond acceptors (Lipinski definition) is 4. The summed E-state index contributed by atoms with van der Waals surface area (Å²) in [4.78, 5) is 10.8. The van der Waals surface area contributed by atoms with E-state index in [0.29, 0.717) is 5.69 Å². The molecule has 0 spiro atoms. The molecule has 1 aromatic rings. The summed E-state index contributed by atoms with van der Waals surface area (Å²) in [6.45, 7) is 2.49. The minimum Gasteiger partial charge on any atom is -0.393 e. The minimum absolute atomic E-state index is 0.217. The Morgan fingerprint density at radius 2 is 2.50 bits per heavy atom. The smallest absolute Gasteiger partial charge is 0.266 e. The Morgan fingerprint density at radius 1 is 1.71 bits per heavy atom. The molecule has 0 fully saturated rings. The molecule has 0 aliphatic carbocycles. The molecule has 0 amide bonds. The molecule has 0 aliphatic rings. The molecule has 0 radical (unpaired) electrons. The zero-order chi connectivity index (χ0) is 10.4. The van der Waals surface area contributed by atoms with Crippen molar-refractivity contribution in [1.29, 1.82) is 0 Å². The zero-order valence-electron chi connectivity index (χ0n) is 8.16. The van der Waals surface area contributed by atoms with Gasteiger partial charge in [0.1, 0.15) is 0 Å². The topological polar surface area (TPSA) is 78.0 Å². The first kappa shape index (κ1) is 10.7. The van der Waals surface area contributed by atoms with Crippen LogP contribution in [0.2, 0.25) is 0 Å². The van der Waals surface area contributed by atoms with Crippen LogP contribution in [0.1, 0.15) is 19.8 Å². The summed E-state index contributed by atoms with van der Waals surface area (Å²) in [5.41, 5.74) is 0.491. The Morgan fingerprint density at radius 3 is 3.14 bits per heavy atom. The van der Waals surface area contributed by atoms with Gasteiger partial charge in [-0.2, -0.15) is 5.10 Å². The Kier molecular flexibility index (Phi) is 4.12. The van der Waals surface area contributed by atoms with Gasteiger partial charge >= 0.3 is 0 Å². The fourth-order valence-corrected chi connectivity index (χ4v) is 1.10. The second-order valence-electron chi connectivity index (χ2n) is 3.25. The van der Waals surface area contributed by atoms with Crippen molar-refractivity contribution >= 4 is 5.69 Å². The lowest BCUT2D eigenvalue weighted by molar-refractivity contribution is 0.183. The van der Waals surface area contributed by atoms with Crippen LogP contribution in [-0.2, 0) is 0 Å². The maximum atomic E-state index is 10.8. The van der Waals surface area contributed by atoms with Crippen LogP contribution in [0.3, 0.4) is 0 Å². The van der Waals surface area contributed by atoms with Gasteiger partial charge in [0.15, 0.2) is 0 Å². The second kappa shape index (κ2) is 5.39. The number of aromatic nitrogens is 2. The second-order valence-corrected chi connectivity index (χ2v) is 3.25. The summed E-state index contributed by atoms with van der Waals surface area (Å²) in [7, 11) is 0. The summed E-state index contributed by atoms with van der Waals surface area (Å²) in [5, 5.41) is 18.0. The van der Waals surface area contributed by atoms with Gasteiger partial charge in [0.25, 0.3) is 5.56 Å². The van der Waals surface area contributed by atoms with Crippen LogP contribution in [-0.4, -0.2) is 28.0 Å². The third-order valence-corrected chi connectivity index (χ3v) is 1.79. The fourth-order valence-electron chi connectivity index (χ4n) is 1.10. The Bertz CT molecular complexity index is 322. The van der Waals surface area contributed by atoms with E-state index in [4.69, 9.17) is 5.11 Å². The van der Waals surface area contributed by atoms with Gasteiger partial charge in [0.05, 0.1) is 18.0 Å². The van der Waals surface area contributed by atoms with Gasteiger partial charge in [-0.3, -0.25) is 4.79 Å². The van der Waals surface area contributed by atoms with Gasteiger partial charge in [0, 0.05) is 12.6 Å². The van der Waals surface area contributed by atoms with Crippen molar-refractivity contribution in [2.45, 2.75) is 25.9 Å². The molecule has 78 valence electrons. The normalized spacial score (nSPS) is 12.4. The standard InChI is InChI=1S/C9H15N3O2/c1-7(13)3-2-4-10-8-5-9(14)12-11-6-8/h5-7,13H,2-4H2,1H3,(H2,10,12,14). The number of H-pyrrole nitrogens is 1. The highest BCUT2D eigenvalue weighted by Crippen LogP contribution is 2.00. The fraction of sp³-hybridized carbons (Fsp3) is 0.556. The molecule has 5 heteroatoms. The largest absolute Gasteiger partial charge is 0.393 e. The Hall–Kier alpha value is -1.36. The highest BCUT2D eigenvalue weighted by atomic mass is 16.3. The molecule has 1 unspecified atom stereocenters. The first-order valence-corrected chi connectivity index (χ1v) is 4.65. The molecule has 0 saturated heterocycles. The molecule has 0 aliphatic heterocycles. The van der Waals surface area contributed by atoms with Crippen molar-refractivity contribution in [3.63, 3.8) is 0 Å². The van der Waals surface area contributed by atoms with Gasteiger partial charge in [-0.05, 0) is 19.8 Å². The molecule has 0 bridgehead atoms. The van der Waals surface area contributed by atoms with Crippen molar-refractivity contribution in [2.75, 3.05) is 11.9 Å². The van der Waals surface area contributed by atoms with Crippen molar-refractivity contribution in [1.82, 2.24) is 10.2 Å². The van der Waals surface area contributed by atoms with Crippen LogP contribution in [0.15, 0.2) is 17.1 Å². The van der Waals surface area contributed by atoms with Crippen molar-refractivity contribution in [3.8, 4) is 0 Å². The van der Waals surface area contributed by atoms with E-state index in [0.717, 1.165) is 19.4 Å². The molecular weight excluding hydrogens is 182 g/mol. The molecular formula is C9H15N3O2. The number of aromatic amines is 1.